The molecule has 0 saturated carbocycles. The molecular formula is C12H17N5S. The lowest BCUT2D eigenvalue weighted by Gasteiger charge is -2.08. The number of hydrogen-bond acceptors (Lipinski definition) is 5. The molecule has 2 aromatic rings. The van der Waals surface area contributed by atoms with Crippen LogP contribution in [0.15, 0.2) is 24.3 Å². The Morgan fingerprint density at radius 3 is 3.00 bits per heavy atom. The third-order valence-electron chi connectivity index (χ3n) is 2.57. The third kappa shape index (κ3) is 3.22. The number of aryl methyl sites for hydroxylation is 1. The highest BCUT2D eigenvalue weighted by molar-refractivity contribution is 7.98. The van der Waals surface area contributed by atoms with Crippen LogP contribution in [0, 0.1) is 6.92 Å². The molecule has 0 atom stereocenters. The summed E-state index contributed by atoms with van der Waals surface area (Å²) in [7, 11) is 0. The molecular weight excluding hydrogens is 246 g/mol. The van der Waals surface area contributed by atoms with Gasteiger partial charge in [-0.15, -0.1) is 5.10 Å². The van der Waals surface area contributed by atoms with Gasteiger partial charge in [0.2, 0.25) is 0 Å². The van der Waals surface area contributed by atoms with E-state index in [1.54, 1.807) is 4.68 Å². The fraction of sp³-hybridized carbons (Fsp3) is 0.417. The van der Waals surface area contributed by atoms with E-state index in [0.717, 1.165) is 30.2 Å². The van der Waals surface area contributed by atoms with Crippen LogP contribution in [0.4, 0.5) is 5.69 Å². The summed E-state index contributed by atoms with van der Waals surface area (Å²) in [5.41, 5.74) is 2.08. The van der Waals surface area contributed by atoms with Crippen molar-refractivity contribution in [2.45, 2.75) is 13.3 Å². The third-order valence-corrected chi connectivity index (χ3v) is 3.27. The average molecular weight is 263 g/mol. The SMILES string of the molecule is CSCCCNc1cccc(-n2nnnc2C)c1. The molecule has 6 heteroatoms. The normalized spacial score (nSPS) is 10.6. The highest BCUT2D eigenvalue weighted by Gasteiger charge is 2.03. The highest BCUT2D eigenvalue weighted by Crippen LogP contribution is 2.14. The molecule has 0 unspecified atom stereocenters. The van der Waals surface area contributed by atoms with Crippen molar-refractivity contribution >= 4 is 17.4 Å². The van der Waals surface area contributed by atoms with Crippen molar-refractivity contribution in [1.29, 1.82) is 0 Å². The number of nitrogens with one attached hydrogen (secondary N) is 1. The van der Waals surface area contributed by atoms with Gasteiger partial charge in [-0.2, -0.15) is 16.4 Å². The second-order valence-electron chi connectivity index (χ2n) is 3.96. The van der Waals surface area contributed by atoms with Crippen LogP contribution < -0.4 is 5.32 Å². The zero-order valence-corrected chi connectivity index (χ0v) is 11.4. The molecule has 0 aliphatic rings. The predicted octanol–water partition coefficient (Wildman–Crippen LogP) is 2.14. The lowest BCUT2D eigenvalue weighted by atomic mass is 10.2. The van der Waals surface area contributed by atoms with Crippen LogP contribution in [0.2, 0.25) is 0 Å². The molecule has 1 N–H and O–H groups in total. The molecule has 5 nitrogen and oxygen atoms in total. The van der Waals surface area contributed by atoms with Crippen LogP contribution in [-0.2, 0) is 0 Å². The van der Waals surface area contributed by atoms with Gasteiger partial charge < -0.3 is 5.32 Å². The summed E-state index contributed by atoms with van der Waals surface area (Å²) in [5.74, 6) is 1.97. The molecule has 0 bridgehead atoms. The van der Waals surface area contributed by atoms with Gasteiger partial charge in [0.1, 0.15) is 0 Å². The Hall–Kier alpha value is -1.56. The zero-order valence-electron chi connectivity index (χ0n) is 10.6. The molecule has 96 valence electrons. The Labute approximate surface area is 111 Å². The molecule has 0 fully saturated rings. The van der Waals surface area contributed by atoms with Crippen molar-refractivity contribution < 1.29 is 0 Å². The summed E-state index contributed by atoms with van der Waals surface area (Å²) < 4.78 is 1.73. The van der Waals surface area contributed by atoms with Gasteiger partial charge in [0, 0.05) is 12.2 Å². The standard InChI is InChI=1S/C12H17N5S/c1-10-14-15-16-17(10)12-6-3-5-11(9-12)13-7-4-8-18-2/h3,5-6,9,13H,4,7-8H2,1-2H3. The van der Waals surface area contributed by atoms with Gasteiger partial charge in [0.15, 0.2) is 5.82 Å². The van der Waals surface area contributed by atoms with Crippen LogP contribution >= 0.6 is 11.8 Å². The highest BCUT2D eigenvalue weighted by atomic mass is 32.2. The summed E-state index contributed by atoms with van der Waals surface area (Å²) in [4.78, 5) is 0. The number of hydrogen-bond donors (Lipinski definition) is 1. The second-order valence-corrected chi connectivity index (χ2v) is 4.95. The molecule has 1 heterocycles. The first-order valence-corrected chi connectivity index (χ1v) is 7.29. The molecule has 0 amide bonds. The molecule has 18 heavy (non-hydrogen) atoms. The van der Waals surface area contributed by atoms with E-state index in [4.69, 9.17) is 0 Å². The van der Waals surface area contributed by atoms with Gasteiger partial charge in [0.05, 0.1) is 5.69 Å². The maximum Gasteiger partial charge on any atom is 0.153 e. The van der Waals surface area contributed by atoms with Gasteiger partial charge in [0.25, 0.3) is 0 Å². The van der Waals surface area contributed by atoms with Crippen LogP contribution in [-0.4, -0.2) is 38.8 Å². The summed E-state index contributed by atoms with van der Waals surface area (Å²) in [6.07, 6.45) is 3.29. The molecule has 0 radical (unpaired) electrons. The van der Waals surface area contributed by atoms with E-state index in [0.29, 0.717) is 0 Å². The van der Waals surface area contributed by atoms with Crippen LogP contribution in [0.25, 0.3) is 5.69 Å². The first-order valence-electron chi connectivity index (χ1n) is 5.89. The lowest BCUT2D eigenvalue weighted by molar-refractivity contribution is 0.779. The molecule has 2 rings (SSSR count). The van der Waals surface area contributed by atoms with E-state index in [1.165, 1.54) is 5.75 Å². The smallest absolute Gasteiger partial charge is 0.153 e. The number of aromatic nitrogens is 4. The Morgan fingerprint density at radius 2 is 2.28 bits per heavy atom. The summed E-state index contributed by atoms with van der Waals surface area (Å²) in [6, 6.07) is 8.12. The maximum atomic E-state index is 3.96. The Morgan fingerprint density at radius 1 is 1.39 bits per heavy atom. The monoisotopic (exact) mass is 263 g/mol. The Bertz CT molecular complexity index is 497. The Kier molecular flexibility index (Phi) is 4.58. The van der Waals surface area contributed by atoms with E-state index >= 15 is 0 Å². The van der Waals surface area contributed by atoms with Gasteiger partial charge >= 0.3 is 0 Å². The van der Waals surface area contributed by atoms with E-state index in [2.05, 4.69) is 39.2 Å². The number of tetrazole rings is 1. The van der Waals surface area contributed by atoms with Crippen LogP contribution in [0.1, 0.15) is 12.2 Å². The fourth-order valence-electron chi connectivity index (χ4n) is 1.67. The van der Waals surface area contributed by atoms with Gasteiger partial charge in [-0.05, 0) is 54.0 Å². The summed E-state index contributed by atoms with van der Waals surface area (Å²) >= 11 is 1.87. The summed E-state index contributed by atoms with van der Waals surface area (Å²) in [6.45, 7) is 2.87. The van der Waals surface area contributed by atoms with Gasteiger partial charge in [-0.3, -0.25) is 0 Å². The number of benzene rings is 1. The number of thioether (sulfide) groups is 1. The molecule has 0 saturated heterocycles. The van der Waals surface area contributed by atoms with Crippen molar-refractivity contribution in [1.82, 2.24) is 20.2 Å². The van der Waals surface area contributed by atoms with Crippen LogP contribution in [0.5, 0.6) is 0 Å². The van der Waals surface area contributed by atoms with Crippen LogP contribution in [0.3, 0.4) is 0 Å². The molecule has 0 aliphatic heterocycles. The number of nitrogens with zero attached hydrogens (tertiary/aromatic N) is 4. The van der Waals surface area contributed by atoms with Crippen molar-refractivity contribution in [3.8, 4) is 5.69 Å². The first kappa shape index (κ1) is 12.9. The Balaban J connectivity index is 2.04. The van der Waals surface area contributed by atoms with E-state index in [1.807, 2.05) is 30.8 Å². The first-order chi connectivity index (χ1) is 8.81. The zero-order chi connectivity index (χ0) is 12.8. The second kappa shape index (κ2) is 6.39. The van der Waals surface area contributed by atoms with E-state index in [-0.39, 0.29) is 0 Å². The minimum atomic E-state index is 0.787. The quantitative estimate of drug-likeness (QED) is 0.809. The molecule has 0 aliphatic carbocycles. The van der Waals surface area contributed by atoms with Crippen molar-refractivity contribution in [2.24, 2.45) is 0 Å². The van der Waals surface area contributed by atoms with Crippen molar-refractivity contribution in [3.63, 3.8) is 0 Å². The van der Waals surface area contributed by atoms with E-state index in [9.17, 15) is 0 Å². The van der Waals surface area contributed by atoms with Crippen molar-refractivity contribution in [2.75, 3.05) is 23.9 Å². The van der Waals surface area contributed by atoms with Gasteiger partial charge in [-0.1, -0.05) is 6.07 Å². The number of rotatable bonds is 6. The minimum absolute atomic E-state index is 0.787. The molecule has 1 aromatic carbocycles. The lowest BCUT2D eigenvalue weighted by Crippen LogP contribution is -2.04. The maximum absolute atomic E-state index is 3.96. The number of anilines is 1. The average Bonchev–Trinajstić information content (AvgIpc) is 2.81. The van der Waals surface area contributed by atoms with Gasteiger partial charge in [-0.25, -0.2) is 0 Å². The minimum Gasteiger partial charge on any atom is -0.385 e. The fourth-order valence-corrected chi connectivity index (χ4v) is 2.10. The van der Waals surface area contributed by atoms with E-state index < -0.39 is 0 Å². The largest absolute Gasteiger partial charge is 0.385 e. The molecule has 1 aromatic heterocycles. The van der Waals surface area contributed by atoms with Crippen molar-refractivity contribution in [3.05, 3.63) is 30.1 Å². The molecule has 0 spiro atoms. The topological polar surface area (TPSA) is 55.6 Å². The summed E-state index contributed by atoms with van der Waals surface area (Å²) in [5, 5.41) is 14.9. The predicted molar refractivity (Wildman–Crippen MR) is 75.4 cm³/mol.